The molecule has 0 bridgehead atoms. The topological polar surface area (TPSA) is 91.8 Å². The van der Waals surface area contributed by atoms with Crippen LogP contribution in [0.5, 0.6) is 0 Å². The van der Waals surface area contributed by atoms with Crippen molar-refractivity contribution in [3.8, 4) is 5.69 Å². The van der Waals surface area contributed by atoms with Crippen molar-refractivity contribution in [3.63, 3.8) is 0 Å². The molecule has 2 amide bonds. The van der Waals surface area contributed by atoms with Gasteiger partial charge in [-0.15, -0.1) is 0 Å². The first-order valence-corrected chi connectivity index (χ1v) is 10.9. The highest BCUT2D eigenvalue weighted by molar-refractivity contribution is 6.06. The summed E-state index contributed by atoms with van der Waals surface area (Å²) in [5.41, 5.74) is 4.83. The van der Waals surface area contributed by atoms with Gasteiger partial charge in [-0.1, -0.05) is 6.07 Å². The molecule has 1 aliphatic carbocycles. The largest absolute Gasteiger partial charge is 0.361 e. The van der Waals surface area contributed by atoms with Gasteiger partial charge in [-0.3, -0.25) is 9.59 Å². The molecule has 3 aromatic carbocycles. The van der Waals surface area contributed by atoms with Gasteiger partial charge in [0.15, 0.2) is 0 Å². The summed E-state index contributed by atoms with van der Waals surface area (Å²) in [5, 5.41) is 12.4. The average Bonchev–Trinajstić information content (AvgIpc) is 3.44. The van der Waals surface area contributed by atoms with E-state index in [-0.39, 0.29) is 17.7 Å². The minimum atomic E-state index is -0.165. The molecule has 0 radical (unpaired) electrons. The van der Waals surface area contributed by atoms with Crippen molar-refractivity contribution in [2.45, 2.75) is 12.8 Å². The van der Waals surface area contributed by atoms with Gasteiger partial charge in [0.25, 0.3) is 5.91 Å². The lowest BCUT2D eigenvalue weighted by atomic mass is 10.1. The molecule has 1 saturated carbocycles. The molecule has 162 valence electrons. The summed E-state index contributed by atoms with van der Waals surface area (Å²) in [6.07, 6.45) is 5.59. The highest BCUT2D eigenvalue weighted by Crippen LogP contribution is 2.30. The molecule has 3 N–H and O–H groups in total. The van der Waals surface area contributed by atoms with Crippen LogP contribution in [0.1, 0.15) is 23.2 Å². The Labute approximate surface area is 189 Å². The molecule has 33 heavy (non-hydrogen) atoms. The summed E-state index contributed by atoms with van der Waals surface area (Å²) in [5.74, 6) is 0.0996. The molecule has 0 saturated heterocycles. The summed E-state index contributed by atoms with van der Waals surface area (Å²) >= 11 is 0. The molecule has 2 aromatic heterocycles. The fourth-order valence-corrected chi connectivity index (χ4v) is 3.98. The van der Waals surface area contributed by atoms with E-state index in [2.05, 4.69) is 20.7 Å². The van der Waals surface area contributed by atoms with Gasteiger partial charge < -0.3 is 15.6 Å². The maximum atomic E-state index is 12.7. The maximum absolute atomic E-state index is 12.7. The Morgan fingerprint density at radius 3 is 2.52 bits per heavy atom. The first kappa shape index (κ1) is 19.3. The second kappa shape index (κ2) is 7.63. The van der Waals surface area contributed by atoms with Crippen molar-refractivity contribution < 1.29 is 9.59 Å². The van der Waals surface area contributed by atoms with Crippen molar-refractivity contribution in [2.75, 3.05) is 10.6 Å². The molecule has 6 rings (SSSR count). The lowest BCUT2D eigenvalue weighted by Crippen LogP contribution is -2.13. The summed E-state index contributed by atoms with van der Waals surface area (Å²) in [4.78, 5) is 27.8. The zero-order valence-corrected chi connectivity index (χ0v) is 17.7. The van der Waals surface area contributed by atoms with E-state index in [1.165, 1.54) is 0 Å². The number of amides is 2. The Morgan fingerprint density at radius 2 is 1.70 bits per heavy atom. The third-order valence-electron chi connectivity index (χ3n) is 5.97. The van der Waals surface area contributed by atoms with Crippen LogP contribution in [0.3, 0.4) is 0 Å². The van der Waals surface area contributed by atoms with E-state index >= 15 is 0 Å². The SMILES string of the molecule is O=C(Nc1ccc2c(cnn2-c2ccc(NC(=O)C3CC3)cc2)c1)c1ccc2cc[nH]c2c1. The Morgan fingerprint density at radius 1 is 0.879 bits per heavy atom. The van der Waals surface area contributed by atoms with Crippen molar-refractivity contribution in [3.05, 3.63) is 84.7 Å². The zero-order valence-electron chi connectivity index (χ0n) is 17.7. The van der Waals surface area contributed by atoms with Gasteiger partial charge in [0, 0.05) is 40.0 Å². The maximum Gasteiger partial charge on any atom is 0.255 e. The zero-order chi connectivity index (χ0) is 22.4. The van der Waals surface area contributed by atoms with Crippen molar-refractivity contribution in [1.82, 2.24) is 14.8 Å². The van der Waals surface area contributed by atoms with E-state index in [1.807, 2.05) is 77.6 Å². The third-order valence-corrected chi connectivity index (χ3v) is 5.97. The number of H-pyrrole nitrogens is 1. The van der Waals surface area contributed by atoms with E-state index in [0.29, 0.717) is 11.3 Å². The summed E-state index contributed by atoms with van der Waals surface area (Å²) < 4.78 is 1.84. The van der Waals surface area contributed by atoms with Crippen LogP contribution in [0, 0.1) is 5.92 Å². The van der Waals surface area contributed by atoms with Gasteiger partial charge in [-0.25, -0.2) is 4.68 Å². The summed E-state index contributed by atoms with van der Waals surface area (Å²) in [6, 6.07) is 20.9. The number of nitrogens with zero attached hydrogens (tertiary/aromatic N) is 2. The molecular formula is C26H21N5O2. The molecule has 1 fully saturated rings. The number of nitrogens with one attached hydrogen (secondary N) is 3. The van der Waals surface area contributed by atoms with Gasteiger partial charge in [0.05, 0.1) is 17.4 Å². The van der Waals surface area contributed by atoms with E-state index in [1.54, 1.807) is 6.20 Å². The second-order valence-corrected chi connectivity index (χ2v) is 8.37. The van der Waals surface area contributed by atoms with Crippen LogP contribution < -0.4 is 10.6 Å². The number of anilines is 2. The number of aromatic nitrogens is 3. The molecule has 0 atom stereocenters. The number of aromatic amines is 1. The van der Waals surface area contributed by atoms with E-state index in [4.69, 9.17) is 0 Å². The minimum absolute atomic E-state index is 0.0923. The number of carbonyl (C=O) groups is 2. The van der Waals surface area contributed by atoms with Crippen LogP contribution in [0.25, 0.3) is 27.5 Å². The van der Waals surface area contributed by atoms with Gasteiger partial charge in [-0.2, -0.15) is 5.10 Å². The Hall–Kier alpha value is -4.39. The molecule has 1 aliphatic rings. The first-order valence-electron chi connectivity index (χ1n) is 10.9. The predicted molar refractivity (Wildman–Crippen MR) is 129 cm³/mol. The second-order valence-electron chi connectivity index (χ2n) is 8.37. The number of fused-ring (bicyclic) bond motifs is 2. The van der Waals surface area contributed by atoms with Crippen LogP contribution in [0.15, 0.2) is 79.1 Å². The summed E-state index contributed by atoms with van der Waals surface area (Å²) in [6.45, 7) is 0. The van der Waals surface area contributed by atoms with E-state index in [0.717, 1.165) is 46.0 Å². The minimum Gasteiger partial charge on any atom is -0.361 e. The van der Waals surface area contributed by atoms with Gasteiger partial charge in [0.2, 0.25) is 5.91 Å². The third kappa shape index (κ3) is 3.74. The molecule has 7 heteroatoms. The number of hydrogen-bond donors (Lipinski definition) is 3. The standard InChI is InChI=1S/C26H21N5O2/c32-25(17-2-3-17)29-20-5-8-22(9-6-20)31-24-10-7-21(13-19(24)15-28-31)30-26(33)18-4-1-16-11-12-27-23(16)14-18/h1,4-15,17,27H,2-3H2,(H,29,32)(H,30,33). The molecular weight excluding hydrogens is 414 g/mol. The monoisotopic (exact) mass is 435 g/mol. The van der Waals surface area contributed by atoms with Gasteiger partial charge in [-0.05, 0) is 78.9 Å². The predicted octanol–water partition coefficient (Wildman–Crippen LogP) is 5.11. The molecule has 5 aromatic rings. The highest BCUT2D eigenvalue weighted by Gasteiger charge is 2.29. The molecule has 2 heterocycles. The van der Waals surface area contributed by atoms with Crippen LogP contribution in [0.4, 0.5) is 11.4 Å². The van der Waals surface area contributed by atoms with E-state index < -0.39 is 0 Å². The quantitative estimate of drug-likeness (QED) is 0.358. The van der Waals surface area contributed by atoms with E-state index in [9.17, 15) is 9.59 Å². The van der Waals surface area contributed by atoms with Crippen LogP contribution in [0.2, 0.25) is 0 Å². The lowest BCUT2D eigenvalue weighted by molar-refractivity contribution is -0.117. The Bertz CT molecular complexity index is 1510. The van der Waals surface area contributed by atoms with Gasteiger partial charge in [0.1, 0.15) is 0 Å². The number of rotatable bonds is 5. The lowest BCUT2D eigenvalue weighted by Gasteiger charge is -2.08. The van der Waals surface area contributed by atoms with Crippen molar-refractivity contribution in [1.29, 1.82) is 0 Å². The van der Waals surface area contributed by atoms with Crippen LogP contribution in [-0.4, -0.2) is 26.6 Å². The first-order chi connectivity index (χ1) is 16.1. The average molecular weight is 435 g/mol. The van der Waals surface area contributed by atoms with Crippen LogP contribution in [-0.2, 0) is 4.79 Å². The fraction of sp³-hybridized carbons (Fsp3) is 0.115. The molecule has 7 nitrogen and oxygen atoms in total. The molecule has 0 aliphatic heterocycles. The van der Waals surface area contributed by atoms with Crippen LogP contribution >= 0.6 is 0 Å². The number of hydrogen-bond acceptors (Lipinski definition) is 3. The highest BCUT2D eigenvalue weighted by atomic mass is 16.2. The van der Waals surface area contributed by atoms with Crippen molar-refractivity contribution in [2.24, 2.45) is 5.92 Å². The normalized spacial score (nSPS) is 13.3. The Balaban J connectivity index is 1.21. The van der Waals surface area contributed by atoms with Crippen molar-refractivity contribution >= 4 is 45.0 Å². The number of carbonyl (C=O) groups excluding carboxylic acids is 2. The smallest absolute Gasteiger partial charge is 0.255 e. The van der Waals surface area contributed by atoms with Gasteiger partial charge >= 0.3 is 0 Å². The number of benzene rings is 3. The fourth-order valence-electron chi connectivity index (χ4n) is 3.98. The molecule has 0 spiro atoms. The molecule has 0 unspecified atom stereocenters. The summed E-state index contributed by atoms with van der Waals surface area (Å²) in [7, 11) is 0. The Kier molecular flexibility index (Phi) is 4.47.